The van der Waals surface area contributed by atoms with Gasteiger partial charge in [-0.3, -0.25) is 4.79 Å². The smallest absolute Gasteiger partial charge is 0.241 e. The fourth-order valence-corrected chi connectivity index (χ4v) is 2.08. The molecule has 0 aliphatic heterocycles. The molecule has 3 N–H and O–H groups in total. The topological polar surface area (TPSA) is 67.6 Å². The van der Waals surface area contributed by atoms with E-state index in [-0.39, 0.29) is 30.7 Å². The van der Waals surface area contributed by atoms with E-state index in [1.54, 1.807) is 0 Å². The molecule has 0 saturated heterocycles. The molecular weight excluding hydrogens is 349 g/mol. The van der Waals surface area contributed by atoms with Crippen LogP contribution in [0.5, 0.6) is 5.75 Å². The first-order chi connectivity index (χ1) is 10.4. The van der Waals surface area contributed by atoms with Gasteiger partial charge in [-0.25, -0.2) is 0 Å². The first-order valence-electron chi connectivity index (χ1n) is 7.82. The van der Waals surface area contributed by atoms with Crippen LogP contribution in [0.1, 0.15) is 26.7 Å². The van der Waals surface area contributed by atoms with Gasteiger partial charge in [0.2, 0.25) is 5.91 Å². The van der Waals surface area contributed by atoms with E-state index in [9.17, 15) is 4.79 Å². The summed E-state index contributed by atoms with van der Waals surface area (Å²) in [6.07, 6.45) is 1.63. The Morgan fingerprint density at radius 1 is 1.29 bits per heavy atom. The zero-order valence-corrected chi connectivity index (χ0v) is 16.6. The van der Waals surface area contributed by atoms with Crippen molar-refractivity contribution < 1.29 is 9.53 Å². The van der Waals surface area contributed by atoms with Crippen molar-refractivity contribution in [1.29, 1.82) is 0 Å². The van der Waals surface area contributed by atoms with Gasteiger partial charge in [-0.1, -0.05) is 19.9 Å². The van der Waals surface area contributed by atoms with Crippen LogP contribution in [0, 0.1) is 5.92 Å². The number of anilines is 1. The third kappa shape index (κ3) is 10.7. The standard InChI is InChI=1S/C17H29N3O2.2ClH/c1-13(2)11-16(18)17(21)19-14-7-5-8-15(12-14)22-10-6-9-20(3)4;;/h5,7-8,12-13,16H,6,9-11,18H2,1-4H3,(H,19,21);2*1H/t16-;;/m0../s1. The Hall–Kier alpha value is -1.01. The lowest BCUT2D eigenvalue weighted by Gasteiger charge is -2.15. The average molecular weight is 380 g/mol. The Labute approximate surface area is 158 Å². The molecular formula is C17H31Cl2N3O2. The average Bonchev–Trinajstić information content (AvgIpc) is 2.43. The van der Waals surface area contributed by atoms with Crippen molar-refractivity contribution in [2.45, 2.75) is 32.7 Å². The maximum atomic E-state index is 12.0. The van der Waals surface area contributed by atoms with Crippen molar-refractivity contribution in [3.8, 4) is 5.75 Å². The molecule has 24 heavy (non-hydrogen) atoms. The fraction of sp³-hybridized carbons (Fsp3) is 0.588. The van der Waals surface area contributed by atoms with Gasteiger partial charge in [0, 0.05) is 18.3 Å². The van der Waals surface area contributed by atoms with Gasteiger partial charge in [-0.15, -0.1) is 24.8 Å². The summed E-state index contributed by atoms with van der Waals surface area (Å²) in [7, 11) is 4.08. The molecule has 1 rings (SSSR count). The summed E-state index contributed by atoms with van der Waals surface area (Å²) < 4.78 is 5.69. The van der Waals surface area contributed by atoms with Crippen LogP contribution in [0.2, 0.25) is 0 Å². The molecule has 0 unspecified atom stereocenters. The minimum atomic E-state index is -0.482. The van der Waals surface area contributed by atoms with Crippen LogP contribution < -0.4 is 15.8 Å². The minimum Gasteiger partial charge on any atom is -0.493 e. The third-order valence-corrected chi connectivity index (χ3v) is 3.18. The summed E-state index contributed by atoms with van der Waals surface area (Å²) in [4.78, 5) is 14.1. The molecule has 0 fully saturated rings. The number of hydrogen-bond acceptors (Lipinski definition) is 4. The van der Waals surface area contributed by atoms with E-state index < -0.39 is 6.04 Å². The quantitative estimate of drug-likeness (QED) is 0.646. The second-order valence-corrected chi connectivity index (χ2v) is 6.26. The van der Waals surface area contributed by atoms with Crippen LogP contribution in [0.4, 0.5) is 5.69 Å². The summed E-state index contributed by atoms with van der Waals surface area (Å²) >= 11 is 0. The van der Waals surface area contributed by atoms with Crippen molar-refractivity contribution in [3.05, 3.63) is 24.3 Å². The lowest BCUT2D eigenvalue weighted by atomic mass is 10.0. The summed E-state index contributed by atoms with van der Waals surface area (Å²) in [5.74, 6) is 1.000. The molecule has 0 bridgehead atoms. The van der Waals surface area contributed by atoms with Crippen LogP contribution in [-0.4, -0.2) is 44.1 Å². The van der Waals surface area contributed by atoms with E-state index in [0.717, 1.165) is 18.7 Å². The van der Waals surface area contributed by atoms with Crippen molar-refractivity contribution in [1.82, 2.24) is 4.90 Å². The van der Waals surface area contributed by atoms with Gasteiger partial charge in [0.1, 0.15) is 5.75 Å². The van der Waals surface area contributed by atoms with Crippen molar-refractivity contribution in [2.24, 2.45) is 11.7 Å². The number of amides is 1. The molecule has 0 aliphatic carbocycles. The number of benzene rings is 1. The minimum absolute atomic E-state index is 0. The van der Waals surface area contributed by atoms with Gasteiger partial charge in [0.15, 0.2) is 0 Å². The largest absolute Gasteiger partial charge is 0.493 e. The van der Waals surface area contributed by atoms with E-state index in [0.29, 0.717) is 24.6 Å². The summed E-state index contributed by atoms with van der Waals surface area (Å²) in [5, 5.41) is 2.84. The molecule has 140 valence electrons. The fourth-order valence-electron chi connectivity index (χ4n) is 2.08. The number of nitrogens with zero attached hydrogens (tertiary/aromatic N) is 1. The Kier molecular flexibility index (Phi) is 14.0. The molecule has 5 nitrogen and oxygen atoms in total. The van der Waals surface area contributed by atoms with E-state index in [4.69, 9.17) is 10.5 Å². The predicted octanol–water partition coefficient (Wildman–Crippen LogP) is 3.17. The van der Waals surface area contributed by atoms with Crippen molar-refractivity contribution in [2.75, 3.05) is 32.6 Å². The number of halogens is 2. The summed E-state index contributed by atoms with van der Waals surface area (Å²) in [6, 6.07) is 6.94. The van der Waals surface area contributed by atoms with E-state index in [2.05, 4.69) is 24.1 Å². The van der Waals surface area contributed by atoms with Gasteiger partial charge in [0.25, 0.3) is 0 Å². The number of carbonyl (C=O) groups excluding carboxylic acids is 1. The monoisotopic (exact) mass is 379 g/mol. The molecule has 0 spiro atoms. The maximum absolute atomic E-state index is 12.0. The molecule has 1 aromatic rings. The first-order valence-corrected chi connectivity index (χ1v) is 7.82. The highest BCUT2D eigenvalue weighted by Crippen LogP contribution is 2.18. The summed E-state index contributed by atoms with van der Waals surface area (Å²) in [6.45, 7) is 5.74. The second kappa shape index (κ2) is 13.3. The second-order valence-electron chi connectivity index (χ2n) is 6.26. The molecule has 1 amide bonds. The van der Waals surface area contributed by atoms with Crippen LogP contribution in [0.3, 0.4) is 0 Å². The number of ether oxygens (including phenoxy) is 1. The van der Waals surface area contributed by atoms with Crippen LogP contribution in [0.25, 0.3) is 0 Å². The van der Waals surface area contributed by atoms with Crippen molar-refractivity contribution in [3.63, 3.8) is 0 Å². The van der Waals surface area contributed by atoms with Crippen LogP contribution >= 0.6 is 24.8 Å². The highest BCUT2D eigenvalue weighted by Gasteiger charge is 2.15. The highest BCUT2D eigenvalue weighted by atomic mass is 35.5. The Bertz CT molecular complexity index is 471. The molecule has 1 aromatic carbocycles. The zero-order chi connectivity index (χ0) is 16.5. The number of hydrogen-bond donors (Lipinski definition) is 2. The Morgan fingerprint density at radius 2 is 1.96 bits per heavy atom. The van der Waals surface area contributed by atoms with E-state index >= 15 is 0 Å². The van der Waals surface area contributed by atoms with Gasteiger partial charge >= 0.3 is 0 Å². The number of nitrogens with one attached hydrogen (secondary N) is 1. The van der Waals surface area contributed by atoms with E-state index in [1.165, 1.54) is 0 Å². The van der Waals surface area contributed by atoms with Gasteiger partial charge < -0.3 is 20.7 Å². The Balaban J connectivity index is 0. The normalized spacial score (nSPS) is 11.5. The van der Waals surface area contributed by atoms with Crippen molar-refractivity contribution >= 4 is 36.4 Å². The first kappa shape index (κ1) is 25.2. The molecule has 0 aromatic heterocycles. The summed E-state index contributed by atoms with van der Waals surface area (Å²) in [5.41, 5.74) is 6.60. The molecule has 1 atom stereocenters. The van der Waals surface area contributed by atoms with Gasteiger partial charge in [-0.2, -0.15) is 0 Å². The number of nitrogens with two attached hydrogens (primary N) is 1. The molecule has 7 heteroatoms. The molecule has 0 aliphatic rings. The lowest BCUT2D eigenvalue weighted by molar-refractivity contribution is -0.117. The number of rotatable bonds is 9. The van der Waals surface area contributed by atoms with Gasteiger partial charge in [0.05, 0.1) is 12.6 Å². The highest BCUT2D eigenvalue weighted by molar-refractivity contribution is 5.94. The SMILES string of the molecule is CC(C)C[C@H](N)C(=O)Nc1cccc(OCCCN(C)C)c1.Cl.Cl. The molecule has 0 saturated carbocycles. The molecule has 0 radical (unpaired) electrons. The lowest BCUT2D eigenvalue weighted by Crippen LogP contribution is -2.36. The van der Waals surface area contributed by atoms with Gasteiger partial charge in [-0.05, 0) is 45.0 Å². The Morgan fingerprint density at radius 3 is 2.54 bits per heavy atom. The number of carbonyl (C=O) groups is 1. The predicted molar refractivity (Wildman–Crippen MR) is 106 cm³/mol. The maximum Gasteiger partial charge on any atom is 0.241 e. The van der Waals surface area contributed by atoms with Crippen LogP contribution in [0.15, 0.2) is 24.3 Å². The third-order valence-electron chi connectivity index (χ3n) is 3.18. The van der Waals surface area contributed by atoms with E-state index in [1.807, 2.05) is 38.4 Å². The molecule has 0 heterocycles. The zero-order valence-electron chi connectivity index (χ0n) is 15.0. The van der Waals surface area contributed by atoms with Crippen LogP contribution in [-0.2, 0) is 4.79 Å².